The molecule has 0 aliphatic heterocycles. The second-order valence-corrected chi connectivity index (χ2v) is 6.15. The van der Waals surface area contributed by atoms with Crippen molar-refractivity contribution in [3.05, 3.63) is 23.8 Å². The summed E-state index contributed by atoms with van der Waals surface area (Å²) in [5.74, 6) is 1.29. The van der Waals surface area contributed by atoms with Gasteiger partial charge in [-0.3, -0.25) is 9.59 Å². The summed E-state index contributed by atoms with van der Waals surface area (Å²) < 4.78 is 10.7. The summed E-state index contributed by atoms with van der Waals surface area (Å²) in [5, 5.41) is 2.91. The lowest BCUT2D eigenvalue weighted by Gasteiger charge is -2.16. The topological polar surface area (TPSA) is 64.6 Å². The summed E-state index contributed by atoms with van der Waals surface area (Å²) in [4.78, 5) is 23.3. The number of benzene rings is 1. The highest BCUT2D eigenvalue weighted by atomic mass is 16.5. The average Bonchev–Trinajstić information content (AvgIpc) is 2.50. The van der Waals surface area contributed by atoms with E-state index < -0.39 is 0 Å². The van der Waals surface area contributed by atoms with Gasteiger partial charge in [0.25, 0.3) is 5.91 Å². The SMILES string of the molecule is COc1cc(C(C)=O)ccc1OCC(=O)N[C@@H](C)CCC(C)C. The van der Waals surface area contributed by atoms with Crippen LogP contribution in [0.3, 0.4) is 0 Å². The minimum absolute atomic E-state index is 0.0495. The quantitative estimate of drug-likeness (QED) is 0.709. The first-order valence-electron chi connectivity index (χ1n) is 7.94. The highest BCUT2D eigenvalue weighted by Gasteiger charge is 2.12. The van der Waals surface area contributed by atoms with Crippen LogP contribution in [0.25, 0.3) is 0 Å². The smallest absolute Gasteiger partial charge is 0.258 e. The highest BCUT2D eigenvalue weighted by Crippen LogP contribution is 2.28. The zero-order chi connectivity index (χ0) is 17.4. The van der Waals surface area contributed by atoms with Crippen molar-refractivity contribution in [1.29, 1.82) is 0 Å². The Morgan fingerprint density at radius 2 is 1.83 bits per heavy atom. The summed E-state index contributed by atoms with van der Waals surface area (Å²) >= 11 is 0. The van der Waals surface area contributed by atoms with Crippen LogP contribution in [0.15, 0.2) is 18.2 Å². The summed E-state index contributed by atoms with van der Waals surface area (Å²) in [7, 11) is 1.50. The minimum atomic E-state index is -0.168. The van der Waals surface area contributed by atoms with E-state index in [0.29, 0.717) is 23.0 Å². The molecule has 1 N–H and O–H groups in total. The van der Waals surface area contributed by atoms with Crippen molar-refractivity contribution in [3.8, 4) is 11.5 Å². The van der Waals surface area contributed by atoms with Gasteiger partial charge in [-0.25, -0.2) is 0 Å². The molecular formula is C18H27NO4. The molecule has 0 spiro atoms. The van der Waals surface area contributed by atoms with Gasteiger partial charge in [0, 0.05) is 11.6 Å². The van der Waals surface area contributed by atoms with Crippen LogP contribution in [0.2, 0.25) is 0 Å². The van der Waals surface area contributed by atoms with Crippen molar-refractivity contribution in [2.24, 2.45) is 5.92 Å². The molecule has 0 aromatic heterocycles. The first-order chi connectivity index (χ1) is 10.8. The molecule has 0 saturated carbocycles. The van der Waals surface area contributed by atoms with Gasteiger partial charge in [-0.2, -0.15) is 0 Å². The number of methoxy groups -OCH3 is 1. The van der Waals surface area contributed by atoms with E-state index in [1.54, 1.807) is 18.2 Å². The number of ketones is 1. The van der Waals surface area contributed by atoms with Crippen LogP contribution < -0.4 is 14.8 Å². The summed E-state index contributed by atoms with van der Waals surface area (Å²) in [6, 6.07) is 5.03. The lowest BCUT2D eigenvalue weighted by Crippen LogP contribution is -2.36. The molecule has 0 heterocycles. The number of carbonyl (C=O) groups is 2. The molecule has 1 aromatic rings. The number of rotatable bonds is 9. The van der Waals surface area contributed by atoms with Crippen molar-refractivity contribution < 1.29 is 19.1 Å². The standard InChI is InChI=1S/C18H27NO4/c1-12(2)6-7-13(3)19-18(21)11-23-16-9-8-15(14(4)20)10-17(16)22-5/h8-10,12-13H,6-7,11H2,1-5H3,(H,19,21)/t13-/m0/s1. The van der Waals surface area contributed by atoms with E-state index in [2.05, 4.69) is 19.2 Å². The van der Waals surface area contributed by atoms with Gasteiger partial charge in [0.1, 0.15) is 0 Å². The molecular weight excluding hydrogens is 294 g/mol. The van der Waals surface area contributed by atoms with Gasteiger partial charge in [-0.05, 0) is 50.8 Å². The number of carbonyl (C=O) groups excluding carboxylic acids is 2. The van der Waals surface area contributed by atoms with Gasteiger partial charge in [0.05, 0.1) is 7.11 Å². The lowest BCUT2D eigenvalue weighted by atomic mass is 10.0. The van der Waals surface area contributed by atoms with E-state index in [4.69, 9.17) is 9.47 Å². The van der Waals surface area contributed by atoms with Crippen LogP contribution >= 0.6 is 0 Å². The third-order valence-electron chi connectivity index (χ3n) is 3.51. The van der Waals surface area contributed by atoms with Gasteiger partial charge >= 0.3 is 0 Å². The van der Waals surface area contributed by atoms with Crippen LogP contribution in [0.5, 0.6) is 11.5 Å². The summed E-state index contributed by atoms with van der Waals surface area (Å²) in [6.07, 6.45) is 2.02. The van der Waals surface area contributed by atoms with E-state index in [9.17, 15) is 9.59 Å². The van der Waals surface area contributed by atoms with Crippen LogP contribution in [-0.4, -0.2) is 31.4 Å². The summed E-state index contributed by atoms with van der Waals surface area (Å²) in [5.41, 5.74) is 0.543. The van der Waals surface area contributed by atoms with Crippen molar-refractivity contribution in [2.45, 2.75) is 46.6 Å². The molecule has 23 heavy (non-hydrogen) atoms. The Labute approximate surface area is 138 Å². The Bertz CT molecular complexity index is 540. The first-order valence-corrected chi connectivity index (χ1v) is 7.94. The molecule has 1 aromatic carbocycles. The van der Waals surface area contributed by atoms with Crippen LogP contribution in [0.4, 0.5) is 0 Å². The number of nitrogens with one attached hydrogen (secondary N) is 1. The number of hydrogen-bond acceptors (Lipinski definition) is 4. The molecule has 1 atom stereocenters. The van der Waals surface area contributed by atoms with Crippen molar-refractivity contribution >= 4 is 11.7 Å². The third-order valence-corrected chi connectivity index (χ3v) is 3.51. The zero-order valence-corrected chi connectivity index (χ0v) is 14.6. The van der Waals surface area contributed by atoms with Crippen molar-refractivity contribution in [2.75, 3.05) is 13.7 Å². The molecule has 5 nitrogen and oxygen atoms in total. The Hall–Kier alpha value is -2.04. The van der Waals surface area contributed by atoms with Gasteiger partial charge in [0.2, 0.25) is 0 Å². The number of amides is 1. The van der Waals surface area contributed by atoms with Gasteiger partial charge in [0.15, 0.2) is 23.9 Å². The fourth-order valence-corrected chi connectivity index (χ4v) is 2.12. The van der Waals surface area contributed by atoms with Gasteiger partial charge < -0.3 is 14.8 Å². The second kappa shape index (κ2) is 9.18. The maximum atomic E-state index is 11.9. The molecule has 1 rings (SSSR count). The van der Waals surface area contributed by atoms with E-state index in [-0.39, 0.29) is 24.3 Å². The molecule has 0 unspecified atom stereocenters. The molecule has 0 aliphatic rings. The first kappa shape index (κ1) is 19.0. The Balaban J connectivity index is 2.54. The molecule has 0 radical (unpaired) electrons. The molecule has 128 valence electrons. The fraction of sp³-hybridized carbons (Fsp3) is 0.556. The molecule has 0 saturated heterocycles. The van der Waals surface area contributed by atoms with Crippen molar-refractivity contribution in [3.63, 3.8) is 0 Å². The zero-order valence-electron chi connectivity index (χ0n) is 14.6. The molecule has 0 aliphatic carbocycles. The predicted molar refractivity (Wildman–Crippen MR) is 90.2 cm³/mol. The lowest BCUT2D eigenvalue weighted by molar-refractivity contribution is -0.123. The van der Waals surface area contributed by atoms with Crippen LogP contribution in [-0.2, 0) is 4.79 Å². The molecule has 5 heteroatoms. The van der Waals surface area contributed by atoms with E-state index in [1.807, 2.05) is 6.92 Å². The predicted octanol–water partition coefficient (Wildman–Crippen LogP) is 3.22. The van der Waals surface area contributed by atoms with Gasteiger partial charge in [-0.15, -0.1) is 0 Å². The second-order valence-electron chi connectivity index (χ2n) is 6.15. The average molecular weight is 321 g/mol. The summed E-state index contributed by atoms with van der Waals surface area (Å²) in [6.45, 7) is 7.72. The minimum Gasteiger partial charge on any atom is -0.493 e. The Kier molecular flexibility index (Phi) is 7.59. The van der Waals surface area contributed by atoms with Crippen LogP contribution in [0.1, 0.15) is 50.9 Å². The number of hydrogen-bond donors (Lipinski definition) is 1. The van der Waals surface area contributed by atoms with Crippen molar-refractivity contribution in [1.82, 2.24) is 5.32 Å². The maximum absolute atomic E-state index is 11.9. The fourth-order valence-electron chi connectivity index (χ4n) is 2.12. The highest BCUT2D eigenvalue weighted by molar-refractivity contribution is 5.94. The maximum Gasteiger partial charge on any atom is 0.258 e. The van der Waals surface area contributed by atoms with E-state index in [0.717, 1.165) is 12.8 Å². The van der Waals surface area contributed by atoms with E-state index in [1.165, 1.54) is 14.0 Å². The molecule has 1 amide bonds. The molecule has 0 bridgehead atoms. The Morgan fingerprint density at radius 1 is 1.13 bits per heavy atom. The van der Waals surface area contributed by atoms with Crippen LogP contribution in [0, 0.1) is 5.92 Å². The van der Waals surface area contributed by atoms with E-state index >= 15 is 0 Å². The van der Waals surface area contributed by atoms with Gasteiger partial charge in [-0.1, -0.05) is 13.8 Å². The Morgan fingerprint density at radius 3 is 2.39 bits per heavy atom. The largest absolute Gasteiger partial charge is 0.493 e. The normalized spacial score (nSPS) is 11.9. The number of Topliss-reactive ketones (excluding diaryl/α,β-unsaturated/α-hetero) is 1. The number of ether oxygens (including phenoxy) is 2. The monoisotopic (exact) mass is 321 g/mol. The molecule has 0 fully saturated rings. The third kappa shape index (κ3) is 6.72.